The lowest BCUT2D eigenvalue weighted by molar-refractivity contribution is 0.0988. The van der Waals surface area contributed by atoms with Crippen molar-refractivity contribution in [3.05, 3.63) is 65.2 Å². The maximum atomic E-state index is 6.78. The number of hydrogen-bond donors (Lipinski definition) is 1. The Labute approximate surface area is 163 Å². The second kappa shape index (κ2) is 7.65. The molecule has 0 aromatic heterocycles. The zero-order chi connectivity index (χ0) is 18.9. The highest BCUT2D eigenvalue weighted by Gasteiger charge is 2.39. The van der Waals surface area contributed by atoms with Crippen molar-refractivity contribution in [1.29, 1.82) is 0 Å². The average molecular weight is 365 g/mol. The smallest absolute Gasteiger partial charge is 0.119 e. The van der Waals surface area contributed by atoms with E-state index in [4.69, 9.17) is 10.5 Å². The molecule has 0 bridgehead atoms. The van der Waals surface area contributed by atoms with E-state index < -0.39 is 0 Å². The van der Waals surface area contributed by atoms with Crippen LogP contribution in [0.25, 0.3) is 0 Å². The van der Waals surface area contributed by atoms with Crippen LogP contribution in [0.4, 0.5) is 0 Å². The van der Waals surface area contributed by atoms with Crippen LogP contribution >= 0.6 is 0 Å². The minimum atomic E-state index is 0.0963. The third-order valence-corrected chi connectivity index (χ3v) is 6.84. The van der Waals surface area contributed by atoms with Gasteiger partial charge in [0.05, 0.1) is 7.11 Å². The SMILES string of the molecule is COc1ccc2c(c1)CCC(C)(CN1CCC(c3ccccc3)CC1)C2N. The number of benzene rings is 2. The molecule has 1 saturated heterocycles. The molecule has 2 unspecified atom stereocenters. The summed E-state index contributed by atoms with van der Waals surface area (Å²) in [7, 11) is 1.73. The zero-order valence-electron chi connectivity index (χ0n) is 16.7. The fourth-order valence-corrected chi connectivity index (χ4v) is 5.02. The van der Waals surface area contributed by atoms with Crippen molar-refractivity contribution in [2.45, 2.75) is 44.6 Å². The Morgan fingerprint density at radius 1 is 1.11 bits per heavy atom. The number of nitrogens with two attached hydrogens (primary N) is 1. The van der Waals surface area contributed by atoms with Gasteiger partial charge in [0, 0.05) is 12.6 Å². The van der Waals surface area contributed by atoms with Gasteiger partial charge >= 0.3 is 0 Å². The van der Waals surface area contributed by atoms with Gasteiger partial charge in [0.15, 0.2) is 0 Å². The molecule has 144 valence electrons. The molecule has 27 heavy (non-hydrogen) atoms. The summed E-state index contributed by atoms with van der Waals surface area (Å²) < 4.78 is 5.39. The maximum Gasteiger partial charge on any atom is 0.119 e. The number of rotatable bonds is 4. The molecule has 3 heteroatoms. The van der Waals surface area contributed by atoms with E-state index in [1.165, 1.54) is 42.6 Å². The van der Waals surface area contributed by atoms with E-state index in [1.54, 1.807) is 7.11 Å². The zero-order valence-corrected chi connectivity index (χ0v) is 16.7. The first kappa shape index (κ1) is 18.5. The highest BCUT2D eigenvalue weighted by atomic mass is 16.5. The number of piperidine rings is 1. The van der Waals surface area contributed by atoms with Gasteiger partial charge in [-0.15, -0.1) is 0 Å². The van der Waals surface area contributed by atoms with Crippen molar-refractivity contribution in [2.24, 2.45) is 11.1 Å². The molecule has 1 aliphatic heterocycles. The van der Waals surface area contributed by atoms with Crippen molar-refractivity contribution in [2.75, 3.05) is 26.7 Å². The lowest BCUT2D eigenvalue weighted by Crippen LogP contribution is -2.47. The summed E-state index contributed by atoms with van der Waals surface area (Å²) in [5, 5.41) is 0. The minimum absolute atomic E-state index is 0.0963. The number of fused-ring (bicyclic) bond motifs is 1. The molecule has 3 nitrogen and oxygen atoms in total. The molecular formula is C24H32N2O. The number of ether oxygens (including phenoxy) is 1. The first-order valence-electron chi connectivity index (χ1n) is 10.3. The van der Waals surface area contributed by atoms with Gasteiger partial charge in [0.25, 0.3) is 0 Å². The second-order valence-corrected chi connectivity index (χ2v) is 8.66. The predicted octanol–water partition coefficient (Wildman–Crippen LogP) is 4.53. The molecule has 2 atom stereocenters. The Morgan fingerprint density at radius 2 is 1.85 bits per heavy atom. The van der Waals surface area contributed by atoms with Crippen LogP contribution in [0.1, 0.15) is 54.8 Å². The molecule has 1 heterocycles. The first-order chi connectivity index (χ1) is 13.1. The van der Waals surface area contributed by atoms with Crippen molar-refractivity contribution >= 4 is 0 Å². The second-order valence-electron chi connectivity index (χ2n) is 8.66. The summed E-state index contributed by atoms with van der Waals surface area (Å²) in [6.07, 6.45) is 4.75. The Morgan fingerprint density at radius 3 is 2.56 bits per heavy atom. The summed E-state index contributed by atoms with van der Waals surface area (Å²) in [6, 6.07) is 17.5. The van der Waals surface area contributed by atoms with E-state index in [2.05, 4.69) is 60.4 Å². The van der Waals surface area contributed by atoms with Gasteiger partial charge in [-0.25, -0.2) is 0 Å². The third kappa shape index (κ3) is 3.76. The molecular weight excluding hydrogens is 332 g/mol. The Hall–Kier alpha value is -1.84. The van der Waals surface area contributed by atoms with E-state index in [1.807, 2.05) is 0 Å². The van der Waals surface area contributed by atoms with Gasteiger partial charge in [-0.2, -0.15) is 0 Å². The largest absolute Gasteiger partial charge is 0.497 e. The molecule has 1 aliphatic carbocycles. The van der Waals surface area contributed by atoms with E-state index in [-0.39, 0.29) is 11.5 Å². The molecule has 2 N–H and O–H groups in total. The van der Waals surface area contributed by atoms with Gasteiger partial charge in [0.2, 0.25) is 0 Å². The van der Waals surface area contributed by atoms with Crippen molar-refractivity contribution in [3.63, 3.8) is 0 Å². The molecule has 4 rings (SSSR count). The number of aryl methyl sites for hydroxylation is 1. The molecule has 0 amide bonds. The lowest BCUT2D eigenvalue weighted by Gasteiger charge is -2.45. The van der Waals surface area contributed by atoms with Crippen LogP contribution in [0.5, 0.6) is 5.75 Å². The normalized spacial score (nSPS) is 26.6. The van der Waals surface area contributed by atoms with E-state index in [0.29, 0.717) is 5.92 Å². The van der Waals surface area contributed by atoms with E-state index in [0.717, 1.165) is 25.1 Å². The fraction of sp³-hybridized carbons (Fsp3) is 0.500. The van der Waals surface area contributed by atoms with Crippen LogP contribution in [0.3, 0.4) is 0 Å². The third-order valence-electron chi connectivity index (χ3n) is 6.84. The van der Waals surface area contributed by atoms with Crippen molar-refractivity contribution in [3.8, 4) is 5.75 Å². The van der Waals surface area contributed by atoms with E-state index in [9.17, 15) is 0 Å². The summed E-state index contributed by atoms with van der Waals surface area (Å²) >= 11 is 0. The van der Waals surface area contributed by atoms with Crippen LogP contribution in [-0.4, -0.2) is 31.6 Å². The van der Waals surface area contributed by atoms with Gasteiger partial charge in [-0.05, 0) is 78.9 Å². The lowest BCUT2D eigenvalue weighted by atomic mass is 9.69. The highest BCUT2D eigenvalue weighted by Crippen LogP contribution is 2.44. The molecule has 1 fully saturated rings. The number of hydrogen-bond acceptors (Lipinski definition) is 3. The minimum Gasteiger partial charge on any atom is -0.497 e. The molecule has 2 aromatic rings. The summed E-state index contributed by atoms with van der Waals surface area (Å²) in [4.78, 5) is 2.65. The van der Waals surface area contributed by atoms with Gasteiger partial charge in [-0.1, -0.05) is 43.3 Å². The van der Waals surface area contributed by atoms with Gasteiger partial charge in [0.1, 0.15) is 5.75 Å². The topological polar surface area (TPSA) is 38.5 Å². The molecule has 2 aliphatic rings. The monoisotopic (exact) mass is 364 g/mol. The van der Waals surface area contributed by atoms with Crippen LogP contribution in [0, 0.1) is 5.41 Å². The van der Waals surface area contributed by atoms with Crippen LogP contribution < -0.4 is 10.5 Å². The molecule has 2 aromatic carbocycles. The first-order valence-corrected chi connectivity index (χ1v) is 10.3. The van der Waals surface area contributed by atoms with Crippen molar-refractivity contribution in [1.82, 2.24) is 4.90 Å². The van der Waals surface area contributed by atoms with Crippen molar-refractivity contribution < 1.29 is 4.74 Å². The number of likely N-dealkylation sites (tertiary alicyclic amines) is 1. The Balaban J connectivity index is 1.41. The van der Waals surface area contributed by atoms with Gasteiger partial charge < -0.3 is 15.4 Å². The maximum absolute atomic E-state index is 6.78. The van der Waals surface area contributed by atoms with Crippen LogP contribution in [-0.2, 0) is 6.42 Å². The molecule has 0 radical (unpaired) electrons. The predicted molar refractivity (Wildman–Crippen MR) is 111 cm³/mol. The number of nitrogens with zero attached hydrogens (tertiary/aromatic N) is 1. The summed E-state index contributed by atoms with van der Waals surface area (Å²) in [5.41, 5.74) is 11.1. The quantitative estimate of drug-likeness (QED) is 0.866. The van der Waals surface area contributed by atoms with Crippen LogP contribution in [0.15, 0.2) is 48.5 Å². The van der Waals surface area contributed by atoms with E-state index >= 15 is 0 Å². The summed E-state index contributed by atoms with van der Waals surface area (Å²) in [5.74, 6) is 1.65. The molecule has 0 spiro atoms. The summed E-state index contributed by atoms with van der Waals surface area (Å²) in [6.45, 7) is 5.84. The Bertz CT molecular complexity index is 767. The fourth-order valence-electron chi connectivity index (χ4n) is 5.02. The Kier molecular flexibility index (Phi) is 5.25. The van der Waals surface area contributed by atoms with Crippen LogP contribution in [0.2, 0.25) is 0 Å². The van der Waals surface area contributed by atoms with Gasteiger partial charge in [-0.3, -0.25) is 0 Å². The number of methoxy groups -OCH3 is 1. The highest BCUT2D eigenvalue weighted by molar-refractivity contribution is 5.40. The molecule has 0 saturated carbocycles. The average Bonchev–Trinajstić information content (AvgIpc) is 2.72. The standard InChI is InChI=1S/C24H32N2O/c1-24(13-10-20-16-21(27-2)8-9-22(20)23(24)25)17-26-14-11-19(12-15-26)18-6-4-3-5-7-18/h3-9,16,19,23H,10-15,17,25H2,1-2H3.